The second kappa shape index (κ2) is 5.95. The van der Waals surface area contributed by atoms with Gasteiger partial charge in [0.1, 0.15) is 0 Å². The van der Waals surface area contributed by atoms with Crippen LogP contribution in [0.3, 0.4) is 0 Å². The lowest BCUT2D eigenvalue weighted by Crippen LogP contribution is -2.59. The molecule has 1 aromatic rings. The van der Waals surface area contributed by atoms with E-state index in [2.05, 4.69) is 35.8 Å². The lowest BCUT2D eigenvalue weighted by atomic mass is 9.95. The topological polar surface area (TPSA) is 6.48 Å². The molecule has 0 aliphatic carbocycles. The van der Waals surface area contributed by atoms with Crippen LogP contribution in [0.2, 0.25) is 5.02 Å². The molecule has 2 unspecified atom stereocenters. The van der Waals surface area contributed by atoms with Crippen molar-refractivity contribution in [3.8, 4) is 0 Å². The molecule has 0 saturated carbocycles. The highest BCUT2D eigenvalue weighted by atomic mass is 35.5. The van der Waals surface area contributed by atoms with E-state index in [1.807, 2.05) is 6.07 Å². The van der Waals surface area contributed by atoms with Gasteiger partial charge in [-0.05, 0) is 44.4 Å². The van der Waals surface area contributed by atoms with Crippen LogP contribution >= 0.6 is 11.6 Å². The Hall–Kier alpha value is -0.730. The number of aryl methyl sites for hydroxylation is 1. The molecule has 2 fully saturated rings. The summed E-state index contributed by atoms with van der Waals surface area (Å²) in [4.78, 5) is 5.30. The van der Waals surface area contributed by atoms with Gasteiger partial charge in [0.2, 0.25) is 0 Å². The van der Waals surface area contributed by atoms with Crippen LogP contribution in [0.1, 0.15) is 38.2 Å². The molecule has 0 spiro atoms. The van der Waals surface area contributed by atoms with Crippen molar-refractivity contribution in [3.63, 3.8) is 0 Å². The maximum atomic E-state index is 6.51. The SMILES string of the molecule is CCC1CN2CCCCC2CN1c1c(C)cccc1Cl. The molecule has 2 aliphatic rings. The largest absolute Gasteiger partial charge is 0.364 e. The Bertz CT molecular complexity index is 454. The van der Waals surface area contributed by atoms with Crippen molar-refractivity contribution >= 4 is 17.3 Å². The minimum Gasteiger partial charge on any atom is -0.364 e. The van der Waals surface area contributed by atoms with Gasteiger partial charge in [-0.2, -0.15) is 0 Å². The minimum absolute atomic E-state index is 0.600. The molecule has 2 nitrogen and oxygen atoms in total. The molecule has 110 valence electrons. The number of piperidine rings is 1. The van der Waals surface area contributed by atoms with Crippen LogP contribution in [0.15, 0.2) is 18.2 Å². The summed E-state index contributed by atoms with van der Waals surface area (Å²) in [5.41, 5.74) is 2.58. The Kier molecular flexibility index (Phi) is 4.23. The Labute approximate surface area is 127 Å². The van der Waals surface area contributed by atoms with Crippen LogP contribution < -0.4 is 4.90 Å². The normalized spacial score (nSPS) is 27.4. The highest BCUT2D eigenvalue weighted by Crippen LogP contribution is 2.35. The second-order valence-electron chi connectivity index (χ2n) is 6.26. The molecular formula is C17H25ClN2. The molecule has 20 heavy (non-hydrogen) atoms. The predicted molar refractivity (Wildman–Crippen MR) is 86.8 cm³/mol. The fourth-order valence-electron chi connectivity index (χ4n) is 3.86. The summed E-state index contributed by atoms with van der Waals surface area (Å²) in [7, 11) is 0. The summed E-state index contributed by atoms with van der Waals surface area (Å²) in [5.74, 6) is 0. The van der Waals surface area contributed by atoms with Crippen molar-refractivity contribution in [2.45, 2.75) is 51.6 Å². The van der Waals surface area contributed by atoms with Gasteiger partial charge in [-0.3, -0.25) is 4.90 Å². The number of hydrogen-bond acceptors (Lipinski definition) is 2. The van der Waals surface area contributed by atoms with Crippen LogP contribution in [0.25, 0.3) is 0 Å². The Morgan fingerprint density at radius 2 is 2.10 bits per heavy atom. The molecule has 2 aliphatic heterocycles. The summed E-state index contributed by atoms with van der Waals surface area (Å²) in [6, 6.07) is 7.59. The lowest BCUT2D eigenvalue weighted by molar-refractivity contribution is 0.111. The van der Waals surface area contributed by atoms with Crippen molar-refractivity contribution < 1.29 is 0 Å². The summed E-state index contributed by atoms with van der Waals surface area (Å²) in [5, 5.41) is 0.910. The van der Waals surface area contributed by atoms with Crippen LogP contribution in [0.5, 0.6) is 0 Å². The first-order chi connectivity index (χ1) is 9.70. The molecular weight excluding hydrogens is 268 g/mol. The number of piperazine rings is 1. The van der Waals surface area contributed by atoms with Gasteiger partial charge < -0.3 is 4.90 Å². The fraction of sp³-hybridized carbons (Fsp3) is 0.647. The highest BCUT2D eigenvalue weighted by molar-refractivity contribution is 6.33. The zero-order chi connectivity index (χ0) is 14.1. The maximum Gasteiger partial charge on any atom is 0.0642 e. The number of para-hydroxylation sites is 1. The quantitative estimate of drug-likeness (QED) is 0.810. The fourth-order valence-corrected chi connectivity index (χ4v) is 4.19. The van der Waals surface area contributed by atoms with E-state index in [0.29, 0.717) is 6.04 Å². The zero-order valence-corrected chi connectivity index (χ0v) is 13.4. The molecule has 2 saturated heterocycles. The van der Waals surface area contributed by atoms with Crippen LogP contribution in [0.4, 0.5) is 5.69 Å². The number of fused-ring (bicyclic) bond motifs is 1. The first-order valence-electron chi connectivity index (χ1n) is 7.96. The Morgan fingerprint density at radius 1 is 1.25 bits per heavy atom. The molecule has 0 bridgehead atoms. The van der Waals surface area contributed by atoms with Crippen molar-refractivity contribution in [1.82, 2.24) is 4.90 Å². The summed E-state index contributed by atoms with van der Waals surface area (Å²) in [6.07, 6.45) is 5.29. The third-order valence-corrected chi connectivity index (χ3v) is 5.29. The summed E-state index contributed by atoms with van der Waals surface area (Å²) in [6.45, 7) is 8.11. The lowest BCUT2D eigenvalue weighted by Gasteiger charge is -2.49. The van der Waals surface area contributed by atoms with E-state index in [1.165, 1.54) is 50.0 Å². The predicted octanol–water partition coefficient (Wildman–Crippen LogP) is 4.10. The van der Waals surface area contributed by atoms with E-state index in [-0.39, 0.29) is 0 Å². The van der Waals surface area contributed by atoms with E-state index in [1.54, 1.807) is 0 Å². The van der Waals surface area contributed by atoms with Crippen LogP contribution in [0, 0.1) is 6.92 Å². The maximum absolute atomic E-state index is 6.51. The number of benzene rings is 1. The number of halogens is 1. The number of hydrogen-bond donors (Lipinski definition) is 0. The molecule has 3 heteroatoms. The molecule has 0 radical (unpaired) electrons. The van der Waals surface area contributed by atoms with Crippen LogP contribution in [-0.2, 0) is 0 Å². The number of anilines is 1. The molecule has 2 atom stereocenters. The molecule has 0 amide bonds. The van der Waals surface area contributed by atoms with Gasteiger partial charge in [0.05, 0.1) is 10.7 Å². The van der Waals surface area contributed by atoms with Gasteiger partial charge in [-0.25, -0.2) is 0 Å². The van der Waals surface area contributed by atoms with Gasteiger partial charge in [0.15, 0.2) is 0 Å². The van der Waals surface area contributed by atoms with Crippen LogP contribution in [-0.4, -0.2) is 36.6 Å². The van der Waals surface area contributed by atoms with Gasteiger partial charge in [-0.1, -0.05) is 37.1 Å². The third kappa shape index (κ3) is 2.56. The highest BCUT2D eigenvalue weighted by Gasteiger charge is 2.35. The monoisotopic (exact) mass is 292 g/mol. The van der Waals surface area contributed by atoms with Gasteiger partial charge in [-0.15, -0.1) is 0 Å². The van der Waals surface area contributed by atoms with Crippen molar-refractivity contribution in [2.24, 2.45) is 0 Å². The first-order valence-corrected chi connectivity index (χ1v) is 8.34. The molecule has 1 aromatic carbocycles. The Balaban J connectivity index is 1.90. The van der Waals surface area contributed by atoms with E-state index in [0.717, 1.165) is 17.6 Å². The molecule has 0 N–H and O–H groups in total. The summed E-state index contributed by atoms with van der Waals surface area (Å²) >= 11 is 6.51. The number of nitrogens with zero attached hydrogens (tertiary/aromatic N) is 2. The van der Waals surface area contributed by atoms with Crippen molar-refractivity contribution in [2.75, 3.05) is 24.5 Å². The Morgan fingerprint density at radius 3 is 2.85 bits per heavy atom. The number of rotatable bonds is 2. The average molecular weight is 293 g/mol. The van der Waals surface area contributed by atoms with E-state index < -0.39 is 0 Å². The molecule has 0 aromatic heterocycles. The zero-order valence-electron chi connectivity index (χ0n) is 12.6. The molecule has 2 heterocycles. The average Bonchev–Trinajstić information content (AvgIpc) is 2.46. The smallest absolute Gasteiger partial charge is 0.0642 e. The van der Waals surface area contributed by atoms with E-state index in [9.17, 15) is 0 Å². The van der Waals surface area contributed by atoms with E-state index in [4.69, 9.17) is 11.6 Å². The third-order valence-electron chi connectivity index (χ3n) is 4.99. The first kappa shape index (κ1) is 14.2. The van der Waals surface area contributed by atoms with Gasteiger partial charge >= 0.3 is 0 Å². The van der Waals surface area contributed by atoms with Crippen molar-refractivity contribution in [3.05, 3.63) is 28.8 Å². The minimum atomic E-state index is 0.600. The van der Waals surface area contributed by atoms with Gasteiger partial charge in [0, 0.05) is 25.2 Å². The van der Waals surface area contributed by atoms with E-state index >= 15 is 0 Å². The molecule has 3 rings (SSSR count). The second-order valence-corrected chi connectivity index (χ2v) is 6.67. The van der Waals surface area contributed by atoms with Crippen molar-refractivity contribution in [1.29, 1.82) is 0 Å². The standard InChI is InChI=1S/C17H25ClN2/c1-3-14-11-19-10-5-4-8-15(19)12-20(14)17-13(2)7-6-9-16(17)18/h6-7,9,14-15H,3-5,8,10-12H2,1-2H3. The summed E-state index contributed by atoms with van der Waals surface area (Å²) < 4.78 is 0. The van der Waals surface area contributed by atoms with Gasteiger partial charge in [0.25, 0.3) is 0 Å².